The molecule has 0 aromatic heterocycles. The molecule has 1 aromatic rings. The fourth-order valence-corrected chi connectivity index (χ4v) is 3.44. The molecule has 1 aliphatic rings. The van der Waals surface area contributed by atoms with Gasteiger partial charge in [0.15, 0.2) is 0 Å². The molecule has 6 nitrogen and oxygen atoms in total. The number of rotatable bonds is 9. The molecule has 2 rings (SSSR count). The van der Waals surface area contributed by atoms with Gasteiger partial charge in [-0.1, -0.05) is 44.2 Å². The van der Waals surface area contributed by atoms with E-state index in [4.69, 9.17) is 9.84 Å². The first-order valence-electron chi connectivity index (χ1n) is 9.78. The monoisotopic (exact) mass is 376 g/mol. The summed E-state index contributed by atoms with van der Waals surface area (Å²) in [5.41, 5.74) is 0.928. The summed E-state index contributed by atoms with van der Waals surface area (Å²) < 4.78 is 5.86. The lowest BCUT2D eigenvalue weighted by molar-refractivity contribution is -0.137. The van der Waals surface area contributed by atoms with Crippen molar-refractivity contribution in [1.29, 1.82) is 0 Å². The van der Waals surface area contributed by atoms with E-state index in [0.717, 1.165) is 31.4 Å². The Bertz CT molecular complexity index is 597. The van der Waals surface area contributed by atoms with Gasteiger partial charge < -0.3 is 20.5 Å². The van der Waals surface area contributed by atoms with Crippen molar-refractivity contribution in [3.8, 4) is 0 Å². The minimum Gasteiger partial charge on any atom is -0.481 e. The maximum absolute atomic E-state index is 12.4. The summed E-state index contributed by atoms with van der Waals surface area (Å²) in [5, 5.41) is 14.9. The molecular formula is C21H32N2O4. The topological polar surface area (TPSA) is 87.7 Å². The van der Waals surface area contributed by atoms with Crippen molar-refractivity contribution in [1.82, 2.24) is 10.6 Å². The van der Waals surface area contributed by atoms with Crippen molar-refractivity contribution in [2.45, 2.75) is 64.5 Å². The highest BCUT2D eigenvalue weighted by atomic mass is 16.5. The minimum absolute atomic E-state index is 0.0270. The first-order chi connectivity index (χ1) is 12.9. The molecule has 0 spiro atoms. The normalized spacial score (nSPS) is 18.5. The second-order valence-corrected chi connectivity index (χ2v) is 7.99. The Morgan fingerprint density at radius 3 is 2.63 bits per heavy atom. The summed E-state index contributed by atoms with van der Waals surface area (Å²) in [6.45, 7) is 5.51. The van der Waals surface area contributed by atoms with Crippen LogP contribution in [-0.4, -0.2) is 42.4 Å². The third-order valence-electron chi connectivity index (χ3n) is 5.12. The Morgan fingerprint density at radius 1 is 1.26 bits per heavy atom. The molecule has 0 saturated carbocycles. The molecule has 1 aromatic carbocycles. The summed E-state index contributed by atoms with van der Waals surface area (Å²) in [6.07, 6.45) is 4.47. The molecule has 1 heterocycles. The van der Waals surface area contributed by atoms with Crippen molar-refractivity contribution in [2.24, 2.45) is 5.41 Å². The van der Waals surface area contributed by atoms with Crippen LogP contribution < -0.4 is 10.6 Å². The van der Waals surface area contributed by atoms with Gasteiger partial charge in [0, 0.05) is 31.0 Å². The Kier molecular flexibility index (Phi) is 8.10. The van der Waals surface area contributed by atoms with Gasteiger partial charge in [0.2, 0.25) is 0 Å². The number of amides is 2. The van der Waals surface area contributed by atoms with Gasteiger partial charge >= 0.3 is 12.0 Å². The van der Waals surface area contributed by atoms with Crippen LogP contribution in [0.3, 0.4) is 0 Å². The summed E-state index contributed by atoms with van der Waals surface area (Å²) in [6, 6.07) is 9.30. The summed E-state index contributed by atoms with van der Waals surface area (Å²) in [4.78, 5) is 23.3. The molecule has 0 bridgehead atoms. The second-order valence-electron chi connectivity index (χ2n) is 7.99. The van der Waals surface area contributed by atoms with Gasteiger partial charge in [-0.05, 0) is 37.7 Å². The van der Waals surface area contributed by atoms with Crippen LogP contribution in [0.2, 0.25) is 0 Å². The van der Waals surface area contributed by atoms with E-state index < -0.39 is 5.97 Å². The van der Waals surface area contributed by atoms with Crippen molar-refractivity contribution in [3.05, 3.63) is 35.9 Å². The number of hydrogen-bond donors (Lipinski definition) is 3. The molecule has 1 fully saturated rings. The van der Waals surface area contributed by atoms with Crippen LogP contribution in [-0.2, 0) is 16.0 Å². The molecule has 2 amide bonds. The van der Waals surface area contributed by atoms with E-state index in [2.05, 4.69) is 24.5 Å². The van der Waals surface area contributed by atoms with Crippen LogP contribution in [0.4, 0.5) is 4.79 Å². The van der Waals surface area contributed by atoms with Crippen LogP contribution in [0.25, 0.3) is 0 Å². The zero-order valence-electron chi connectivity index (χ0n) is 16.4. The molecule has 0 aliphatic carbocycles. The van der Waals surface area contributed by atoms with Gasteiger partial charge in [0.1, 0.15) is 0 Å². The Labute approximate surface area is 161 Å². The van der Waals surface area contributed by atoms with Gasteiger partial charge in [-0.15, -0.1) is 0 Å². The number of nitrogens with one attached hydrogen (secondary N) is 2. The maximum atomic E-state index is 12.4. The molecule has 1 saturated heterocycles. The second kappa shape index (κ2) is 10.3. The highest BCUT2D eigenvalue weighted by Gasteiger charge is 2.32. The largest absolute Gasteiger partial charge is 0.481 e. The van der Waals surface area contributed by atoms with E-state index in [-0.39, 0.29) is 30.0 Å². The summed E-state index contributed by atoms with van der Waals surface area (Å²) in [5.74, 6) is -0.856. The number of benzene rings is 1. The minimum atomic E-state index is -0.856. The predicted octanol–water partition coefficient (Wildman–Crippen LogP) is 3.36. The van der Waals surface area contributed by atoms with Crippen LogP contribution in [0.15, 0.2) is 30.3 Å². The molecule has 150 valence electrons. The molecular weight excluding hydrogens is 344 g/mol. The average molecular weight is 376 g/mol. The van der Waals surface area contributed by atoms with Gasteiger partial charge in [0.25, 0.3) is 0 Å². The Balaban J connectivity index is 1.86. The Morgan fingerprint density at radius 2 is 2.00 bits per heavy atom. The Hall–Kier alpha value is -2.08. The van der Waals surface area contributed by atoms with Crippen LogP contribution in [0.5, 0.6) is 0 Å². The number of carboxylic acids is 1. The van der Waals surface area contributed by atoms with Crippen LogP contribution in [0.1, 0.15) is 51.5 Å². The molecule has 27 heavy (non-hydrogen) atoms. The zero-order chi connectivity index (χ0) is 19.7. The summed E-state index contributed by atoms with van der Waals surface area (Å²) >= 11 is 0. The molecule has 3 N–H and O–H groups in total. The van der Waals surface area contributed by atoms with Crippen LogP contribution >= 0.6 is 0 Å². The van der Waals surface area contributed by atoms with E-state index >= 15 is 0 Å². The van der Waals surface area contributed by atoms with Crippen molar-refractivity contribution >= 4 is 12.0 Å². The number of ether oxygens (including phenoxy) is 1. The van der Waals surface area contributed by atoms with Crippen molar-refractivity contribution in [3.63, 3.8) is 0 Å². The third-order valence-corrected chi connectivity index (χ3v) is 5.12. The molecule has 0 radical (unpaired) electrons. The van der Waals surface area contributed by atoms with E-state index in [9.17, 15) is 9.59 Å². The van der Waals surface area contributed by atoms with E-state index in [1.165, 1.54) is 0 Å². The predicted molar refractivity (Wildman–Crippen MR) is 105 cm³/mol. The van der Waals surface area contributed by atoms with Gasteiger partial charge in [-0.25, -0.2) is 4.79 Å². The fourth-order valence-electron chi connectivity index (χ4n) is 3.44. The quantitative estimate of drug-likeness (QED) is 0.617. The van der Waals surface area contributed by atoms with Crippen molar-refractivity contribution in [2.75, 3.05) is 13.2 Å². The lowest BCUT2D eigenvalue weighted by Crippen LogP contribution is -2.49. The van der Waals surface area contributed by atoms with E-state index in [1.54, 1.807) is 0 Å². The fraction of sp³-hybridized carbons (Fsp3) is 0.619. The number of aliphatic carboxylic acids is 1. The number of urea groups is 1. The van der Waals surface area contributed by atoms with Crippen molar-refractivity contribution < 1.29 is 19.4 Å². The summed E-state index contributed by atoms with van der Waals surface area (Å²) in [7, 11) is 0. The average Bonchev–Trinajstić information content (AvgIpc) is 2.66. The standard InChI is InChI=1S/C21H32N2O4/c1-21(2,18-10-6-7-13-27-18)15-22-20(26)23-17(11-12-19(24)25)14-16-8-4-3-5-9-16/h3-5,8-9,17-18H,6-7,10-15H2,1-2H3,(H,24,25)(H2,22,23,26). The third kappa shape index (κ3) is 7.59. The first-order valence-corrected chi connectivity index (χ1v) is 9.78. The van der Waals surface area contributed by atoms with Gasteiger partial charge in [-0.3, -0.25) is 4.79 Å². The molecule has 2 unspecified atom stereocenters. The maximum Gasteiger partial charge on any atom is 0.315 e. The number of carbonyl (C=O) groups is 2. The number of carbonyl (C=O) groups excluding carboxylic acids is 1. The highest BCUT2D eigenvalue weighted by Crippen LogP contribution is 2.29. The lowest BCUT2D eigenvalue weighted by Gasteiger charge is -2.37. The SMILES string of the molecule is CC(C)(CNC(=O)NC(CCC(=O)O)Cc1ccccc1)C1CCCCO1. The zero-order valence-corrected chi connectivity index (χ0v) is 16.4. The van der Waals surface area contributed by atoms with Gasteiger partial charge in [0.05, 0.1) is 6.10 Å². The van der Waals surface area contributed by atoms with E-state index in [1.807, 2.05) is 30.3 Å². The molecule has 2 atom stereocenters. The number of hydrogen-bond acceptors (Lipinski definition) is 3. The molecule has 1 aliphatic heterocycles. The van der Waals surface area contributed by atoms with Gasteiger partial charge in [-0.2, -0.15) is 0 Å². The number of carboxylic acid groups (broad SMARTS) is 1. The lowest BCUT2D eigenvalue weighted by atomic mass is 9.82. The van der Waals surface area contributed by atoms with Crippen LogP contribution in [0, 0.1) is 5.41 Å². The smallest absolute Gasteiger partial charge is 0.315 e. The highest BCUT2D eigenvalue weighted by molar-refractivity contribution is 5.74. The first kappa shape index (κ1) is 21.2. The van der Waals surface area contributed by atoms with E-state index in [0.29, 0.717) is 19.4 Å². The molecule has 6 heteroatoms.